The Hall–Kier alpha value is -2.58. The minimum atomic E-state index is -0.156. The molecule has 3 aromatic rings. The van der Waals surface area contributed by atoms with Gasteiger partial charge in [-0.15, -0.1) is 11.8 Å². The number of aryl methyl sites for hydroxylation is 1. The zero-order valence-electron chi connectivity index (χ0n) is 15.9. The van der Waals surface area contributed by atoms with Crippen LogP contribution >= 0.6 is 27.7 Å². The van der Waals surface area contributed by atoms with Gasteiger partial charge in [0.25, 0.3) is 0 Å². The predicted molar refractivity (Wildman–Crippen MR) is 119 cm³/mol. The van der Waals surface area contributed by atoms with Crippen LogP contribution in [0.4, 0.5) is 5.69 Å². The topological polar surface area (TPSA) is 76.0 Å². The first-order valence-corrected chi connectivity index (χ1v) is 10.8. The monoisotopic (exact) mass is 472 g/mol. The van der Waals surface area contributed by atoms with E-state index in [0.29, 0.717) is 18.0 Å². The summed E-state index contributed by atoms with van der Waals surface area (Å²) < 4.78 is 2.59. The van der Waals surface area contributed by atoms with Crippen molar-refractivity contribution in [2.75, 3.05) is 11.1 Å². The van der Waals surface area contributed by atoms with Crippen LogP contribution in [0.15, 0.2) is 70.3 Å². The second kappa shape index (κ2) is 10.3. The van der Waals surface area contributed by atoms with Gasteiger partial charge in [0.05, 0.1) is 5.75 Å². The highest BCUT2D eigenvalue weighted by Gasteiger charge is 2.07. The Morgan fingerprint density at radius 3 is 2.76 bits per heavy atom. The van der Waals surface area contributed by atoms with Crippen LogP contribution in [0.3, 0.4) is 0 Å². The van der Waals surface area contributed by atoms with Crippen molar-refractivity contribution < 1.29 is 9.59 Å². The summed E-state index contributed by atoms with van der Waals surface area (Å²) in [4.78, 5) is 25.4. The van der Waals surface area contributed by atoms with E-state index in [1.807, 2.05) is 49.4 Å². The summed E-state index contributed by atoms with van der Waals surface area (Å²) in [5, 5.41) is 9.78. The fourth-order valence-electron chi connectivity index (χ4n) is 2.67. The van der Waals surface area contributed by atoms with Crippen molar-refractivity contribution in [2.24, 2.45) is 0 Å². The van der Waals surface area contributed by atoms with E-state index < -0.39 is 0 Å². The van der Waals surface area contributed by atoms with Gasteiger partial charge < -0.3 is 10.6 Å². The molecule has 1 heterocycles. The number of hydrogen-bond donors (Lipinski definition) is 2. The Morgan fingerprint density at radius 1 is 1.14 bits per heavy atom. The van der Waals surface area contributed by atoms with Gasteiger partial charge in [-0.2, -0.15) is 5.10 Å². The SMILES string of the molecule is Cc1cc(Br)ccc1SCC(=O)NCc1cccc(NC(=O)Cn2cccn2)c1. The van der Waals surface area contributed by atoms with Gasteiger partial charge in [0, 0.05) is 34.0 Å². The van der Waals surface area contributed by atoms with E-state index in [4.69, 9.17) is 0 Å². The van der Waals surface area contributed by atoms with Crippen LogP contribution in [0, 0.1) is 6.92 Å². The Balaban J connectivity index is 1.47. The molecule has 0 fully saturated rings. The molecule has 0 spiro atoms. The van der Waals surface area contributed by atoms with Crippen LogP contribution in [-0.2, 0) is 22.7 Å². The summed E-state index contributed by atoms with van der Waals surface area (Å²) >= 11 is 4.96. The van der Waals surface area contributed by atoms with Crippen LogP contribution in [0.2, 0.25) is 0 Å². The zero-order valence-corrected chi connectivity index (χ0v) is 18.3. The lowest BCUT2D eigenvalue weighted by Gasteiger charge is -2.10. The summed E-state index contributed by atoms with van der Waals surface area (Å²) in [6.45, 7) is 2.58. The molecule has 3 rings (SSSR count). The predicted octanol–water partition coefficient (Wildman–Crippen LogP) is 4.00. The molecular weight excluding hydrogens is 452 g/mol. The average molecular weight is 473 g/mol. The van der Waals surface area contributed by atoms with Gasteiger partial charge >= 0.3 is 0 Å². The molecule has 8 heteroatoms. The lowest BCUT2D eigenvalue weighted by atomic mass is 10.2. The van der Waals surface area contributed by atoms with Crippen LogP contribution in [0.25, 0.3) is 0 Å². The van der Waals surface area contributed by atoms with Crippen LogP contribution in [0.5, 0.6) is 0 Å². The molecular formula is C21H21BrN4O2S. The number of benzene rings is 2. The fraction of sp³-hybridized carbons (Fsp3) is 0.190. The third-order valence-electron chi connectivity index (χ3n) is 4.06. The first-order valence-electron chi connectivity index (χ1n) is 9.01. The summed E-state index contributed by atoms with van der Waals surface area (Å²) in [7, 11) is 0. The third kappa shape index (κ3) is 6.76. The number of carbonyl (C=O) groups is 2. The first kappa shape index (κ1) is 21.1. The fourth-order valence-corrected chi connectivity index (χ4v) is 3.99. The van der Waals surface area contributed by atoms with Gasteiger partial charge in [-0.1, -0.05) is 28.1 Å². The van der Waals surface area contributed by atoms with Gasteiger partial charge in [-0.05, 0) is 54.4 Å². The molecule has 0 atom stereocenters. The van der Waals surface area contributed by atoms with Crippen molar-refractivity contribution in [3.05, 3.63) is 76.5 Å². The molecule has 1 aromatic heterocycles. The number of amides is 2. The highest BCUT2D eigenvalue weighted by atomic mass is 79.9. The molecule has 0 aliphatic rings. The minimum absolute atomic E-state index is 0.0366. The molecule has 0 aliphatic heterocycles. The number of carbonyl (C=O) groups excluding carboxylic acids is 2. The Bertz CT molecular complexity index is 992. The number of nitrogens with one attached hydrogen (secondary N) is 2. The number of thioether (sulfide) groups is 1. The molecule has 2 aromatic carbocycles. The van der Waals surface area contributed by atoms with E-state index in [2.05, 4.69) is 31.7 Å². The summed E-state index contributed by atoms with van der Waals surface area (Å²) in [5.41, 5.74) is 2.74. The maximum Gasteiger partial charge on any atom is 0.246 e. The summed E-state index contributed by atoms with van der Waals surface area (Å²) in [6, 6.07) is 15.2. The minimum Gasteiger partial charge on any atom is -0.351 e. The van der Waals surface area contributed by atoms with Gasteiger partial charge in [-0.3, -0.25) is 14.3 Å². The number of nitrogens with zero attached hydrogens (tertiary/aromatic N) is 2. The van der Waals surface area contributed by atoms with Crippen LogP contribution in [0.1, 0.15) is 11.1 Å². The highest BCUT2D eigenvalue weighted by Crippen LogP contribution is 2.25. The first-order chi connectivity index (χ1) is 14.0. The molecule has 6 nitrogen and oxygen atoms in total. The second-order valence-electron chi connectivity index (χ2n) is 6.43. The highest BCUT2D eigenvalue weighted by molar-refractivity contribution is 9.10. The van der Waals surface area contributed by atoms with E-state index >= 15 is 0 Å². The lowest BCUT2D eigenvalue weighted by Crippen LogP contribution is -2.24. The van der Waals surface area contributed by atoms with E-state index in [1.165, 1.54) is 11.8 Å². The van der Waals surface area contributed by atoms with Crippen molar-refractivity contribution >= 4 is 45.2 Å². The van der Waals surface area contributed by atoms with Crippen LogP contribution < -0.4 is 10.6 Å². The molecule has 2 amide bonds. The van der Waals surface area contributed by atoms with Crippen molar-refractivity contribution in [1.29, 1.82) is 0 Å². The maximum absolute atomic E-state index is 12.2. The molecule has 0 saturated carbocycles. The molecule has 0 aliphatic carbocycles. The number of anilines is 1. The molecule has 0 unspecified atom stereocenters. The molecule has 0 bridgehead atoms. The second-order valence-corrected chi connectivity index (χ2v) is 8.36. The van der Waals surface area contributed by atoms with Gasteiger partial charge in [-0.25, -0.2) is 0 Å². The third-order valence-corrected chi connectivity index (χ3v) is 5.73. The summed E-state index contributed by atoms with van der Waals surface area (Å²) in [5.74, 6) is 0.157. The Labute approximate surface area is 182 Å². The van der Waals surface area contributed by atoms with Crippen molar-refractivity contribution in [1.82, 2.24) is 15.1 Å². The Kier molecular flexibility index (Phi) is 7.48. The van der Waals surface area contributed by atoms with E-state index in [0.717, 1.165) is 20.5 Å². The number of aromatic nitrogens is 2. The quantitative estimate of drug-likeness (QED) is 0.485. The van der Waals surface area contributed by atoms with E-state index in [9.17, 15) is 9.59 Å². The number of hydrogen-bond acceptors (Lipinski definition) is 4. The normalized spacial score (nSPS) is 10.6. The molecule has 150 valence electrons. The largest absolute Gasteiger partial charge is 0.351 e. The van der Waals surface area contributed by atoms with Gasteiger partial charge in [0.15, 0.2) is 0 Å². The van der Waals surface area contributed by atoms with Crippen molar-refractivity contribution in [2.45, 2.75) is 24.9 Å². The van der Waals surface area contributed by atoms with E-state index in [1.54, 1.807) is 23.1 Å². The average Bonchev–Trinajstić information content (AvgIpc) is 3.19. The smallest absolute Gasteiger partial charge is 0.246 e. The summed E-state index contributed by atoms with van der Waals surface area (Å²) in [6.07, 6.45) is 3.37. The van der Waals surface area contributed by atoms with E-state index in [-0.39, 0.29) is 18.4 Å². The van der Waals surface area contributed by atoms with Crippen LogP contribution in [-0.4, -0.2) is 27.3 Å². The number of halogens is 1. The van der Waals surface area contributed by atoms with Crippen molar-refractivity contribution in [3.63, 3.8) is 0 Å². The lowest BCUT2D eigenvalue weighted by molar-refractivity contribution is -0.119. The molecule has 2 N–H and O–H groups in total. The molecule has 29 heavy (non-hydrogen) atoms. The van der Waals surface area contributed by atoms with Gasteiger partial charge in [0.2, 0.25) is 11.8 Å². The van der Waals surface area contributed by atoms with Crippen molar-refractivity contribution in [3.8, 4) is 0 Å². The standard InChI is InChI=1S/C21H21BrN4O2S/c1-15-10-17(22)6-7-19(15)29-14-21(28)23-12-16-4-2-5-18(11-16)25-20(27)13-26-9-3-8-24-26/h2-11H,12-14H2,1H3,(H,23,28)(H,25,27). The molecule has 0 radical (unpaired) electrons. The number of rotatable bonds is 8. The molecule has 0 saturated heterocycles. The maximum atomic E-state index is 12.2. The Morgan fingerprint density at radius 2 is 2.00 bits per heavy atom. The van der Waals surface area contributed by atoms with Gasteiger partial charge in [0.1, 0.15) is 6.54 Å². The zero-order chi connectivity index (χ0) is 20.6.